The largest absolute Gasteiger partial charge is 0.297 e. The van der Waals surface area contributed by atoms with Crippen molar-refractivity contribution in [3.63, 3.8) is 0 Å². The number of carbonyl (C=O) groups excluding carboxylic acids is 1. The highest BCUT2D eigenvalue weighted by Gasteiger charge is 2.31. The average Bonchev–Trinajstić information content (AvgIpc) is 3.22. The third kappa shape index (κ3) is 3.72. The summed E-state index contributed by atoms with van der Waals surface area (Å²) in [4.78, 5) is 29.3. The van der Waals surface area contributed by atoms with Gasteiger partial charge >= 0.3 is 0 Å². The molecule has 0 aliphatic carbocycles. The summed E-state index contributed by atoms with van der Waals surface area (Å²) in [7, 11) is -3.08. The molecule has 0 spiro atoms. The molecule has 28 heavy (non-hydrogen) atoms. The van der Waals surface area contributed by atoms with Gasteiger partial charge in [-0.25, -0.2) is 18.1 Å². The number of rotatable bonds is 5. The van der Waals surface area contributed by atoms with Crippen molar-refractivity contribution in [2.45, 2.75) is 25.4 Å². The van der Waals surface area contributed by atoms with Gasteiger partial charge in [-0.05, 0) is 24.1 Å². The summed E-state index contributed by atoms with van der Waals surface area (Å²) < 4.78 is 26.2. The predicted octanol–water partition coefficient (Wildman–Crippen LogP) is 1.42. The molecule has 3 aromatic rings. The highest BCUT2D eigenvalue weighted by Crippen LogP contribution is 2.25. The van der Waals surface area contributed by atoms with Crippen LogP contribution in [0.25, 0.3) is 11.0 Å². The van der Waals surface area contributed by atoms with Gasteiger partial charge in [0.15, 0.2) is 21.3 Å². The molecule has 1 aromatic carbocycles. The molecule has 0 N–H and O–H groups in total. The number of benzene rings is 1. The molecule has 1 unspecified atom stereocenters. The number of hydrogen-bond donors (Lipinski definition) is 0. The second-order valence-electron chi connectivity index (χ2n) is 6.90. The van der Waals surface area contributed by atoms with E-state index in [-0.39, 0.29) is 47.2 Å². The minimum atomic E-state index is -3.08. The Bertz CT molecular complexity index is 1210. The molecule has 146 valence electrons. The fraction of sp³-hybridized carbons (Fsp3) is 0.333. The molecular weight excluding hydrogens is 404 g/mol. The van der Waals surface area contributed by atoms with Crippen LogP contribution < -0.4 is 5.56 Å². The number of nitrogens with zero attached hydrogens (tertiary/aromatic N) is 4. The third-order valence-corrected chi connectivity index (χ3v) is 6.80. The lowest BCUT2D eigenvalue weighted by Crippen LogP contribution is -2.25. The first kappa shape index (κ1) is 18.8. The van der Waals surface area contributed by atoms with Gasteiger partial charge < -0.3 is 0 Å². The number of ketones is 1. The molecule has 1 aliphatic heterocycles. The number of halogens is 1. The van der Waals surface area contributed by atoms with Gasteiger partial charge in [-0.3, -0.25) is 14.2 Å². The third-order valence-electron chi connectivity index (χ3n) is 4.80. The van der Waals surface area contributed by atoms with Crippen molar-refractivity contribution in [3.8, 4) is 0 Å². The quantitative estimate of drug-likeness (QED) is 0.618. The maximum atomic E-state index is 12.7. The van der Waals surface area contributed by atoms with E-state index >= 15 is 0 Å². The van der Waals surface area contributed by atoms with Crippen LogP contribution in [0, 0.1) is 0 Å². The Labute approximate surface area is 165 Å². The second-order valence-corrected chi connectivity index (χ2v) is 9.57. The molecule has 1 saturated heterocycles. The van der Waals surface area contributed by atoms with Crippen molar-refractivity contribution >= 4 is 38.3 Å². The summed E-state index contributed by atoms with van der Waals surface area (Å²) in [5.41, 5.74) is 0.779. The van der Waals surface area contributed by atoms with Gasteiger partial charge in [-0.15, -0.1) is 0 Å². The minimum Gasteiger partial charge on any atom is -0.297 e. The number of fused-ring (bicyclic) bond motifs is 1. The topological polar surface area (TPSA) is 104 Å². The van der Waals surface area contributed by atoms with Crippen molar-refractivity contribution in [3.05, 3.63) is 57.7 Å². The number of carbonyl (C=O) groups is 1. The van der Waals surface area contributed by atoms with Gasteiger partial charge in [0.05, 0.1) is 30.3 Å². The van der Waals surface area contributed by atoms with E-state index in [1.165, 1.54) is 21.8 Å². The van der Waals surface area contributed by atoms with Crippen molar-refractivity contribution < 1.29 is 13.2 Å². The van der Waals surface area contributed by atoms with Gasteiger partial charge in [0.2, 0.25) is 0 Å². The van der Waals surface area contributed by atoms with Crippen molar-refractivity contribution in [2.24, 2.45) is 0 Å². The first-order valence-electron chi connectivity index (χ1n) is 8.71. The van der Waals surface area contributed by atoms with Crippen molar-refractivity contribution in [1.29, 1.82) is 0 Å². The summed E-state index contributed by atoms with van der Waals surface area (Å²) >= 11 is 5.84. The Morgan fingerprint density at radius 1 is 1.25 bits per heavy atom. The van der Waals surface area contributed by atoms with Crippen LogP contribution in [0.1, 0.15) is 18.0 Å². The maximum absolute atomic E-state index is 12.7. The number of hydrogen-bond acceptors (Lipinski definition) is 6. The molecule has 0 saturated carbocycles. The Morgan fingerprint density at radius 2 is 2.00 bits per heavy atom. The van der Waals surface area contributed by atoms with E-state index in [1.807, 2.05) is 0 Å². The lowest BCUT2D eigenvalue weighted by atomic mass is 10.1. The van der Waals surface area contributed by atoms with E-state index in [0.717, 1.165) is 5.56 Å². The normalized spacial score (nSPS) is 18.5. The van der Waals surface area contributed by atoms with E-state index in [1.54, 1.807) is 24.3 Å². The standard InChI is InChI=1S/C18H17ClN4O4S/c19-13-3-1-12(2-4-13)7-15(24)9-22-11-20-17-16(18(22)25)8-21-23(17)14-5-6-28(26,27)10-14/h1-4,8,11,14H,5-7,9-10H2. The zero-order valence-electron chi connectivity index (χ0n) is 14.8. The molecule has 1 fully saturated rings. The van der Waals surface area contributed by atoms with Gasteiger partial charge in [0, 0.05) is 11.4 Å². The molecular formula is C18H17ClN4O4S. The molecule has 3 heterocycles. The highest BCUT2D eigenvalue weighted by molar-refractivity contribution is 7.91. The van der Waals surface area contributed by atoms with Crippen molar-refractivity contribution in [2.75, 3.05) is 11.5 Å². The first-order chi connectivity index (χ1) is 13.3. The van der Waals surface area contributed by atoms with E-state index in [9.17, 15) is 18.0 Å². The Kier molecular flexibility index (Phi) is 4.80. The Hall–Kier alpha value is -2.52. The zero-order chi connectivity index (χ0) is 19.9. The van der Waals surface area contributed by atoms with Gasteiger partial charge in [-0.2, -0.15) is 5.10 Å². The second kappa shape index (κ2) is 7.14. The van der Waals surface area contributed by atoms with E-state index in [4.69, 9.17) is 11.6 Å². The summed E-state index contributed by atoms with van der Waals surface area (Å²) in [6, 6.07) is 6.63. The maximum Gasteiger partial charge on any atom is 0.264 e. The molecule has 4 rings (SSSR count). The number of sulfone groups is 1. The lowest BCUT2D eigenvalue weighted by molar-refractivity contribution is -0.119. The van der Waals surface area contributed by atoms with Gasteiger partial charge in [0.25, 0.3) is 5.56 Å². The van der Waals surface area contributed by atoms with Gasteiger partial charge in [-0.1, -0.05) is 23.7 Å². The molecule has 0 bridgehead atoms. The van der Waals surface area contributed by atoms with E-state index in [0.29, 0.717) is 17.1 Å². The van der Waals surface area contributed by atoms with Gasteiger partial charge in [0.1, 0.15) is 11.7 Å². The fourth-order valence-corrected chi connectivity index (χ4v) is 5.21. The van der Waals surface area contributed by atoms with Crippen LogP contribution in [-0.4, -0.2) is 45.0 Å². The summed E-state index contributed by atoms with van der Waals surface area (Å²) in [5.74, 6) is -0.0384. The Balaban J connectivity index is 1.56. The van der Waals surface area contributed by atoms with Crippen LogP contribution in [0.3, 0.4) is 0 Å². The smallest absolute Gasteiger partial charge is 0.264 e. The molecule has 8 nitrogen and oxygen atoms in total. The molecule has 2 aromatic heterocycles. The lowest BCUT2D eigenvalue weighted by Gasteiger charge is -2.10. The molecule has 10 heteroatoms. The fourth-order valence-electron chi connectivity index (χ4n) is 3.39. The van der Waals surface area contributed by atoms with Crippen molar-refractivity contribution in [1.82, 2.24) is 19.3 Å². The minimum absolute atomic E-state index is 0.00583. The predicted molar refractivity (Wildman–Crippen MR) is 104 cm³/mol. The molecule has 0 radical (unpaired) electrons. The Morgan fingerprint density at radius 3 is 2.68 bits per heavy atom. The number of aromatic nitrogens is 4. The van der Waals surface area contributed by atoms with Crippen LogP contribution >= 0.6 is 11.6 Å². The monoisotopic (exact) mass is 420 g/mol. The van der Waals surface area contributed by atoms with Crippen LogP contribution in [0.15, 0.2) is 41.6 Å². The molecule has 1 atom stereocenters. The summed E-state index contributed by atoms with van der Waals surface area (Å²) in [6.07, 6.45) is 3.33. The van der Waals surface area contributed by atoms with E-state index in [2.05, 4.69) is 10.1 Å². The highest BCUT2D eigenvalue weighted by atomic mass is 35.5. The number of Topliss-reactive ketones (excluding diaryl/α,β-unsaturated/α-hetero) is 1. The van der Waals surface area contributed by atoms with Crippen LogP contribution in [-0.2, 0) is 27.6 Å². The van der Waals surface area contributed by atoms with E-state index < -0.39 is 9.84 Å². The molecule has 0 amide bonds. The summed E-state index contributed by atoms with van der Waals surface area (Å²) in [6.45, 7) is -0.104. The SMILES string of the molecule is O=C(Cc1ccc(Cl)cc1)Cn1cnc2c(cnn2C2CCS(=O)(=O)C2)c1=O. The van der Waals surface area contributed by atoms with Crippen LogP contribution in [0.4, 0.5) is 0 Å². The zero-order valence-corrected chi connectivity index (χ0v) is 16.4. The summed E-state index contributed by atoms with van der Waals surface area (Å²) in [5, 5.41) is 5.04. The van der Waals surface area contributed by atoms with Crippen LogP contribution in [0.5, 0.6) is 0 Å². The molecule has 1 aliphatic rings. The average molecular weight is 421 g/mol. The van der Waals surface area contributed by atoms with Crippen LogP contribution in [0.2, 0.25) is 5.02 Å². The first-order valence-corrected chi connectivity index (χ1v) is 10.9.